The number of fused-ring (bicyclic) bond motifs is 1. The first-order valence-electron chi connectivity index (χ1n) is 10.1. The molecule has 30 heavy (non-hydrogen) atoms. The molecule has 0 radical (unpaired) electrons. The van der Waals surface area contributed by atoms with E-state index in [4.69, 9.17) is 9.47 Å². The Morgan fingerprint density at radius 2 is 1.83 bits per heavy atom. The molecule has 2 N–H and O–H groups in total. The number of ether oxygens (including phenoxy) is 2. The van der Waals surface area contributed by atoms with E-state index in [1.807, 2.05) is 24.3 Å². The van der Waals surface area contributed by atoms with Crippen LogP contribution in [0.1, 0.15) is 30.4 Å². The lowest BCUT2D eigenvalue weighted by Gasteiger charge is -2.22. The fraction of sp³-hybridized carbons (Fsp3) is 0.409. The summed E-state index contributed by atoms with van der Waals surface area (Å²) < 4.78 is 11.3. The van der Waals surface area contributed by atoms with Crippen molar-refractivity contribution in [1.29, 1.82) is 0 Å². The number of rotatable bonds is 11. The zero-order valence-corrected chi connectivity index (χ0v) is 17.1. The highest BCUT2D eigenvalue weighted by Crippen LogP contribution is 2.38. The summed E-state index contributed by atoms with van der Waals surface area (Å²) in [6.45, 7) is 2.15. The van der Waals surface area contributed by atoms with E-state index in [2.05, 4.69) is 10.6 Å². The molecule has 0 saturated heterocycles. The van der Waals surface area contributed by atoms with Gasteiger partial charge in [0, 0.05) is 30.7 Å². The highest BCUT2D eigenvalue weighted by atomic mass is 16.6. The Hall–Kier alpha value is -3.13. The van der Waals surface area contributed by atoms with Gasteiger partial charge in [-0.1, -0.05) is 12.1 Å². The average molecular weight is 413 g/mol. The lowest BCUT2D eigenvalue weighted by molar-refractivity contribution is -0.384. The van der Waals surface area contributed by atoms with Crippen LogP contribution < -0.4 is 20.1 Å². The van der Waals surface area contributed by atoms with Crippen LogP contribution >= 0.6 is 0 Å². The molecule has 8 heteroatoms. The Morgan fingerprint density at radius 1 is 1.07 bits per heavy atom. The molecular formula is C22H27N3O5. The Kier molecular flexibility index (Phi) is 7.62. The van der Waals surface area contributed by atoms with E-state index >= 15 is 0 Å². The number of amides is 1. The van der Waals surface area contributed by atoms with Gasteiger partial charge in [0.15, 0.2) is 0 Å². The number of anilines is 1. The van der Waals surface area contributed by atoms with E-state index in [0.717, 1.165) is 49.2 Å². The van der Waals surface area contributed by atoms with Gasteiger partial charge in [-0.3, -0.25) is 14.9 Å². The average Bonchev–Trinajstić information content (AvgIpc) is 2.75. The van der Waals surface area contributed by atoms with Crippen LogP contribution in [-0.2, 0) is 17.6 Å². The van der Waals surface area contributed by atoms with Crippen LogP contribution in [0.5, 0.6) is 11.5 Å². The van der Waals surface area contributed by atoms with Crippen LogP contribution in [0.3, 0.4) is 0 Å². The summed E-state index contributed by atoms with van der Waals surface area (Å²) in [5.41, 5.74) is 2.93. The molecule has 0 aromatic heterocycles. The minimum atomic E-state index is -0.381. The molecule has 160 valence electrons. The van der Waals surface area contributed by atoms with Gasteiger partial charge in [0.25, 0.3) is 5.69 Å². The van der Waals surface area contributed by atoms with E-state index < -0.39 is 0 Å². The van der Waals surface area contributed by atoms with Crippen molar-refractivity contribution in [2.45, 2.75) is 32.1 Å². The number of benzene rings is 2. The second-order valence-corrected chi connectivity index (χ2v) is 7.15. The number of nitrogens with one attached hydrogen (secondary N) is 2. The van der Waals surface area contributed by atoms with Crippen molar-refractivity contribution in [1.82, 2.24) is 5.32 Å². The molecular weight excluding hydrogens is 386 g/mol. The number of carbonyl (C=O) groups is 1. The fourth-order valence-corrected chi connectivity index (χ4v) is 3.46. The second kappa shape index (κ2) is 10.6. The maximum Gasteiger partial charge on any atom is 0.269 e. The molecule has 0 aliphatic carbocycles. The molecule has 1 aliphatic heterocycles. The molecule has 0 atom stereocenters. The lowest BCUT2D eigenvalue weighted by atomic mass is 10.0. The van der Waals surface area contributed by atoms with E-state index in [0.29, 0.717) is 30.9 Å². The van der Waals surface area contributed by atoms with Gasteiger partial charge in [0.1, 0.15) is 18.1 Å². The normalized spacial score (nSPS) is 12.8. The molecule has 1 amide bonds. The summed E-state index contributed by atoms with van der Waals surface area (Å²) in [5.74, 6) is 1.43. The third-order valence-electron chi connectivity index (χ3n) is 5.07. The number of hydrogen-bond donors (Lipinski definition) is 2. The van der Waals surface area contributed by atoms with Crippen molar-refractivity contribution in [2.75, 3.05) is 32.1 Å². The highest BCUT2D eigenvalue weighted by Gasteiger charge is 2.22. The van der Waals surface area contributed by atoms with Crippen molar-refractivity contribution >= 4 is 17.3 Å². The zero-order valence-electron chi connectivity index (χ0n) is 17.1. The van der Waals surface area contributed by atoms with Gasteiger partial charge in [-0.05, 0) is 49.9 Å². The second-order valence-electron chi connectivity index (χ2n) is 7.15. The zero-order chi connectivity index (χ0) is 21.3. The molecule has 2 aromatic rings. The molecule has 0 spiro atoms. The summed E-state index contributed by atoms with van der Waals surface area (Å²) in [7, 11) is 1.59. The van der Waals surface area contributed by atoms with Crippen molar-refractivity contribution < 1.29 is 19.2 Å². The Balaban J connectivity index is 1.34. The third kappa shape index (κ3) is 5.70. The number of nitro benzene ring substituents is 1. The van der Waals surface area contributed by atoms with E-state index in [1.54, 1.807) is 19.2 Å². The van der Waals surface area contributed by atoms with Gasteiger partial charge < -0.3 is 20.1 Å². The Labute approximate surface area is 175 Å². The highest BCUT2D eigenvalue weighted by molar-refractivity contribution is 5.96. The van der Waals surface area contributed by atoms with E-state index in [9.17, 15) is 14.9 Å². The number of unbranched alkanes of at least 4 members (excludes halogenated alkanes) is 1. The van der Waals surface area contributed by atoms with Crippen molar-refractivity contribution in [3.8, 4) is 11.5 Å². The fourth-order valence-electron chi connectivity index (χ4n) is 3.46. The molecule has 0 unspecified atom stereocenters. The van der Waals surface area contributed by atoms with Crippen LogP contribution in [0.4, 0.5) is 11.4 Å². The van der Waals surface area contributed by atoms with Gasteiger partial charge in [0.05, 0.1) is 17.7 Å². The van der Waals surface area contributed by atoms with Crippen LogP contribution in [0, 0.1) is 10.1 Å². The van der Waals surface area contributed by atoms with Gasteiger partial charge in [-0.15, -0.1) is 0 Å². The van der Waals surface area contributed by atoms with Crippen molar-refractivity contribution in [2.24, 2.45) is 0 Å². The van der Waals surface area contributed by atoms with Crippen molar-refractivity contribution in [3.63, 3.8) is 0 Å². The van der Waals surface area contributed by atoms with Gasteiger partial charge in [-0.25, -0.2) is 0 Å². The number of nitrogens with zero attached hydrogens (tertiary/aromatic N) is 1. The molecule has 2 aromatic carbocycles. The van der Waals surface area contributed by atoms with Crippen LogP contribution in [-0.4, -0.2) is 37.6 Å². The van der Waals surface area contributed by atoms with Crippen LogP contribution in [0.25, 0.3) is 0 Å². The maximum absolute atomic E-state index is 11.7. The molecule has 0 fully saturated rings. The predicted molar refractivity (Wildman–Crippen MR) is 114 cm³/mol. The smallest absolute Gasteiger partial charge is 0.269 e. The van der Waals surface area contributed by atoms with Crippen LogP contribution in [0.15, 0.2) is 36.4 Å². The van der Waals surface area contributed by atoms with Crippen LogP contribution in [0.2, 0.25) is 0 Å². The molecule has 3 rings (SSSR count). The molecule has 1 heterocycles. The third-order valence-corrected chi connectivity index (χ3v) is 5.07. The van der Waals surface area contributed by atoms with Gasteiger partial charge >= 0.3 is 0 Å². The largest absolute Gasteiger partial charge is 0.495 e. The summed E-state index contributed by atoms with van der Waals surface area (Å²) >= 11 is 0. The summed E-state index contributed by atoms with van der Waals surface area (Å²) in [6.07, 6.45) is 4.02. The summed E-state index contributed by atoms with van der Waals surface area (Å²) in [5, 5.41) is 16.9. The Morgan fingerprint density at radius 3 is 2.57 bits per heavy atom. The summed E-state index contributed by atoms with van der Waals surface area (Å²) in [4.78, 5) is 22.0. The van der Waals surface area contributed by atoms with E-state index in [-0.39, 0.29) is 16.5 Å². The molecule has 0 bridgehead atoms. The first-order valence-corrected chi connectivity index (χ1v) is 10.1. The first-order chi connectivity index (χ1) is 14.6. The number of carbonyl (C=O) groups excluding carboxylic acids is 1. The lowest BCUT2D eigenvalue weighted by Crippen LogP contribution is -2.23. The minimum Gasteiger partial charge on any atom is -0.495 e. The molecule has 1 aliphatic rings. The Bertz CT molecular complexity index is 883. The quantitative estimate of drug-likeness (QED) is 0.332. The van der Waals surface area contributed by atoms with Crippen molar-refractivity contribution in [3.05, 3.63) is 57.6 Å². The van der Waals surface area contributed by atoms with Gasteiger partial charge in [-0.2, -0.15) is 0 Å². The SMILES string of the molecule is COc1ccc(OCCNCCCCc2ccc([N+](=O)[O-])cc2)c2c1NC(=O)CC2. The maximum atomic E-state index is 11.7. The molecule has 8 nitrogen and oxygen atoms in total. The monoisotopic (exact) mass is 413 g/mol. The standard InChI is InChI=1S/C22H27N3O5/c1-29-20-11-10-19(18-9-12-21(26)24-22(18)20)30-15-14-23-13-3-2-4-16-5-7-17(8-6-16)25(27)28/h5-8,10-11,23H,2-4,9,12-15H2,1H3,(H,24,26). The summed E-state index contributed by atoms with van der Waals surface area (Å²) in [6, 6.07) is 10.4. The topological polar surface area (TPSA) is 103 Å². The number of methoxy groups -OCH3 is 1. The number of hydrogen-bond acceptors (Lipinski definition) is 6. The van der Waals surface area contributed by atoms with E-state index in [1.165, 1.54) is 0 Å². The molecule has 0 saturated carbocycles. The minimum absolute atomic E-state index is 0.00616. The number of aryl methyl sites for hydroxylation is 1. The number of non-ortho nitro benzene ring substituents is 1. The number of nitro groups is 1. The predicted octanol–water partition coefficient (Wildman–Crippen LogP) is 3.48. The van der Waals surface area contributed by atoms with Gasteiger partial charge in [0.2, 0.25) is 5.91 Å². The first kappa shape index (κ1) is 21.6.